The molecule has 1 aromatic rings. The summed E-state index contributed by atoms with van der Waals surface area (Å²) in [5.74, 6) is -0.792. The number of carbonyl (C=O) groups is 1. The summed E-state index contributed by atoms with van der Waals surface area (Å²) in [4.78, 5) is 26.2. The lowest BCUT2D eigenvalue weighted by molar-refractivity contribution is -0.157. The highest BCUT2D eigenvalue weighted by molar-refractivity contribution is 6.63. The lowest BCUT2D eigenvalue weighted by atomic mass is 9.70. The van der Waals surface area contributed by atoms with E-state index in [9.17, 15) is 14.7 Å². The molecule has 2 rings (SSSR count). The number of carboxylic acid groups (broad SMARTS) is 1. The van der Waals surface area contributed by atoms with Crippen molar-refractivity contribution in [2.24, 2.45) is 5.41 Å². The number of aliphatic carboxylic acids is 1. The zero-order valence-corrected chi connectivity index (χ0v) is 22.0. The topological polar surface area (TPSA) is 96.2 Å². The van der Waals surface area contributed by atoms with Crippen molar-refractivity contribution in [3.05, 3.63) is 22.6 Å². The van der Waals surface area contributed by atoms with Crippen molar-refractivity contribution in [2.75, 3.05) is 13.7 Å². The van der Waals surface area contributed by atoms with Crippen molar-refractivity contribution in [1.29, 1.82) is 0 Å². The van der Waals surface area contributed by atoms with Crippen molar-refractivity contribution < 1.29 is 28.7 Å². The van der Waals surface area contributed by atoms with Crippen molar-refractivity contribution >= 4 is 18.6 Å². The third-order valence-corrected chi connectivity index (χ3v) is 6.78. The van der Waals surface area contributed by atoms with Crippen LogP contribution in [0.25, 0.3) is 0 Å². The van der Waals surface area contributed by atoms with E-state index in [0.29, 0.717) is 11.2 Å². The number of carboxylic acids is 1. The molecule has 1 aliphatic rings. The van der Waals surface area contributed by atoms with Crippen LogP contribution in [-0.4, -0.2) is 53.3 Å². The van der Waals surface area contributed by atoms with E-state index in [0.717, 1.165) is 0 Å². The first-order valence-electron chi connectivity index (χ1n) is 11.3. The number of ether oxygens (including phenoxy) is 2. The minimum atomic E-state index is -1.57. The first-order chi connectivity index (χ1) is 14.8. The van der Waals surface area contributed by atoms with E-state index in [1.165, 1.54) is 23.9 Å². The number of rotatable bonds is 7. The maximum Gasteiger partial charge on any atom is 0.498 e. The summed E-state index contributed by atoms with van der Waals surface area (Å²) in [5.41, 5.74) is -4.08. The highest BCUT2D eigenvalue weighted by Crippen LogP contribution is 2.41. The summed E-state index contributed by atoms with van der Waals surface area (Å²) >= 11 is 0. The maximum atomic E-state index is 13.4. The molecule has 1 fully saturated rings. The number of pyridine rings is 1. The predicted molar refractivity (Wildman–Crippen MR) is 128 cm³/mol. The third-order valence-electron chi connectivity index (χ3n) is 6.78. The van der Waals surface area contributed by atoms with Crippen LogP contribution in [-0.2, 0) is 24.4 Å². The van der Waals surface area contributed by atoms with E-state index >= 15 is 0 Å². The van der Waals surface area contributed by atoms with E-state index in [-0.39, 0.29) is 13.0 Å². The summed E-state index contributed by atoms with van der Waals surface area (Å²) in [6, 6.07) is 1.36. The predicted octanol–water partition coefficient (Wildman–Crippen LogP) is 3.19. The Labute approximate surface area is 197 Å². The zero-order valence-electron chi connectivity index (χ0n) is 22.0. The van der Waals surface area contributed by atoms with E-state index < -0.39 is 46.4 Å². The Balaban J connectivity index is 2.64. The van der Waals surface area contributed by atoms with Gasteiger partial charge in [0, 0.05) is 17.9 Å². The van der Waals surface area contributed by atoms with Gasteiger partial charge in [-0.15, -0.1) is 0 Å². The van der Waals surface area contributed by atoms with Gasteiger partial charge in [-0.3, -0.25) is 9.36 Å². The van der Waals surface area contributed by atoms with Gasteiger partial charge in [0.05, 0.1) is 36.7 Å². The molecule has 2 heterocycles. The lowest BCUT2D eigenvalue weighted by Crippen LogP contribution is -2.57. The lowest BCUT2D eigenvalue weighted by Gasteiger charge is -2.43. The highest BCUT2D eigenvalue weighted by atomic mass is 16.7. The molecule has 0 saturated carbocycles. The molecule has 0 aliphatic carbocycles. The average molecular weight is 465 g/mol. The third kappa shape index (κ3) is 5.15. The van der Waals surface area contributed by atoms with Gasteiger partial charge in [-0.1, -0.05) is 20.8 Å². The molecule has 1 atom stereocenters. The fraction of sp³-hybridized carbons (Fsp3) is 0.750. The molecule has 0 radical (unpaired) electrons. The molecule has 9 heteroatoms. The fourth-order valence-electron chi connectivity index (χ4n) is 4.04. The zero-order chi connectivity index (χ0) is 25.6. The normalized spacial score (nSPS) is 19.9. The van der Waals surface area contributed by atoms with E-state index in [4.69, 9.17) is 18.8 Å². The van der Waals surface area contributed by atoms with Crippen LogP contribution in [0.3, 0.4) is 0 Å². The van der Waals surface area contributed by atoms with E-state index in [1.807, 2.05) is 48.5 Å². The minimum absolute atomic E-state index is 0.0992. The summed E-state index contributed by atoms with van der Waals surface area (Å²) in [7, 11) is 0.659. The van der Waals surface area contributed by atoms with Crippen molar-refractivity contribution in [3.8, 4) is 5.75 Å². The SMILES string of the molecule is COc1cn(C(CCOC(C)(C)C)(C(=O)O)C(C)(C)C)c(=O)cc1B1OC(C)(C)C(C)(C)O1. The molecule has 0 spiro atoms. The summed E-state index contributed by atoms with van der Waals surface area (Å²) < 4.78 is 24.9. The van der Waals surface area contributed by atoms with Gasteiger partial charge >= 0.3 is 13.1 Å². The van der Waals surface area contributed by atoms with Gasteiger partial charge in [0.2, 0.25) is 0 Å². The summed E-state index contributed by atoms with van der Waals surface area (Å²) in [6.07, 6.45) is 1.56. The van der Waals surface area contributed by atoms with Crippen LogP contribution in [0.1, 0.15) is 75.7 Å². The van der Waals surface area contributed by atoms with Crippen molar-refractivity contribution in [1.82, 2.24) is 4.57 Å². The Morgan fingerprint density at radius 1 is 1.09 bits per heavy atom. The molecule has 1 saturated heterocycles. The van der Waals surface area contributed by atoms with Crippen LogP contribution in [0.15, 0.2) is 17.1 Å². The highest BCUT2D eigenvalue weighted by Gasteiger charge is 2.54. The number of nitrogens with zero attached hydrogens (tertiary/aromatic N) is 1. The molecule has 1 aromatic heterocycles. The van der Waals surface area contributed by atoms with Gasteiger partial charge in [0.15, 0.2) is 5.54 Å². The summed E-state index contributed by atoms with van der Waals surface area (Å²) in [5, 5.41) is 10.4. The number of aromatic nitrogens is 1. The van der Waals surface area contributed by atoms with Gasteiger partial charge in [-0.05, 0) is 53.9 Å². The van der Waals surface area contributed by atoms with Crippen molar-refractivity contribution in [3.63, 3.8) is 0 Å². The molecule has 186 valence electrons. The van der Waals surface area contributed by atoms with E-state index in [1.54, 1.807) is 20.8 Å². The quantitative estimate of drug-likeness (QED) is 0.618. The summed E-state index contributed by atoms with van der Waals surface area (Å²) in [6.45, 7) is 19.0. The average Bonchev–Trinajstić information content (AvgIpc) is 2.84. The Morgan fingerprint density at radius 2 is 1.61 bits per heavy atom. The number of hydrogen-bond acceptors (Lipinski definition) is 6. The van der Waals surface area contributed by atoms with Gasteiger partial charge in [-0.2, -0.15) is 0 Å². The van der Waals surface area contributed by atoms with Crippen LogP contribution in [0.4, 0.5) is 0 Å². The van der Waals surface area contributed by atoms with Crippen LogP contribution >= 0.6 is 0 Å². The molecule has 1 N–H and O–H groups in total. The molecule has 0 bridgehead atoms. The molecule has 8 nitrogen and oxygen atoms in total. The molecule has 0 amide bonds. The molecule has 33 heavy (non-hydrogen) atoms. The standard InChI is InChI=1S/C24H40BNO7/c1-20(2,3)24(19(28)29,12-13-31-21(4,5)6)26-15-17(30-11)16(14-18(26)27)25-32-22(7,8)23(9,10)33-25/h14-15H,12-13H2,1-11H3,(H,28,29). The van der Waals surface area contributed by atoms with Crippen LogP contribution < -0.4 is 15.8 Å². The molecular weight excluding hydrogens is 425 g/mol. The largest absolute Gasteiger partial charge is 0.498 e. The Bertz CT molecular complexity index is 924. The number of methoxy groups -OCH3 is 1. The van der Waals surface area contributed by atoms with Gasteiger partial charge in [0.1, 0.15) is 5.75 Å². The molecule has 1 aliphatic heterocycles. The second kappa shape index (κ2) is 8.75. The second-order valence-electron chi connectivity index (χ2n) is 11.7. The van der Waals surface area contributed by atoms with Crippen LogP contribution in [0.2, 0.25) is 0 Å². The molecule has 0 aromatic carbocycles. The first-order valence-corrected chi connectivity index (χ1v) is 11.3. The van der Waals surface area contributed by atoms with E-state index in [2.05, 4.69) is 0 Å². The van der Waals surface area contributed by atoms with Gasteiger partial charge in [0.25, 0.3) is 5.56 Å². The van der Waals surface area contributed by atoms with Gasteiger partial charge in [-0.25, -0.2) is 4.79 Å². The fourth-order valence-corrected chi connectivity index (χ4v) is 4.04. The first kappa shape index (κ1) is 27.4. The number of hydrogen-bond donors (Lipinski definition) is 1. The second-order valence-corrected chi connectivity index (χ2v) is 11.7. The van der Waals surface area contributed by atoms with Crippen molar-refractivity contribution in [2.45, 2.75) is 98.0 Å². The Hall–Kier alpha value is -1.84. The Morgan fingerprint density at radius 3 is 2.00 bits per heavy atom. The van der Waals surface area contributed by atoms with Gasteiger partial charge < -0.3 is 23.9 Å². The smallest absolute Gasteiger partial charge is 0.496 e. The molecular formula is C24H40BNO7. The minimum Gasteiger partial charge on any atom is -0.496 e. The Kier molecular flexibility index (Phi) is 7.26. The van der Waals surface area contributed by atoms with Crippen LogP contribution in [0, 0.1) is 5.41 Å². The van der Waals surface area contributed by atoms with Crippen LogP contribution in [0.5, 0.6) is 5.75 Å². The maximum absolute atomic E-state index is 13.4. The molecule has 1 unspecified atom stereocenters. The monoisotopic (exact) mass is 465 g/mol.